The number of rotatable bonds is 2. The van der Waals surface area contributed by atoms with Crippen molar-refractivity contribution in [3.05, 3.63) is 0 Å². The largest absolute Gasteiger partial charge is 0.0649 e. The lowest BCUT2D eigenvalue weighted by molar-refractivity contribution is -0.267. The Balaban J connectivity index is 3.14. The summed E-state index contributed by atoms with van der Waals surface area (Å²) in [6, 6.07) is 0. The molecule has 0 aromatic heterocycles. The summed E-state index contributed by atoms with van der Waals surface area (Å²) in [5.74, 6) is 0.817. The fourth-order valence-corrected chi connectivity index (χ4v) is 4.53. The molecule has 0 heteroatoms. The zero-order valence-corrected chi connectivity index (χ0v) is 12.3. The molecule has 0 aromatic rings. The minimum atomic E-state index is 0.442. The number of hydrogen-bond donors (Lipinski definition) is 0. The minimum Gasteiger partial charge on any atom is -0.0649 e. The van der Waals surface area contributed by atoms with Gasteiger partial charge >= 0.3 is 0 Å². The first-order chi connectivity index (χ1) is 6.43. The van der Waals surface area contributed by atoms with Crippen molar-refractivity contribution in [2.45, 2.75) is 68.7 Å². The summed E-state index contributed by atoms with van der Waals surface area (Å²) >= 11 is 0. The van der Waals surface area contributed by atoms with Crippen molar-refractivity contribution in [3.63, 3.8) is 0 Å². The van der Waals surface area contributed by atoms with Crippen molar-refractivity contribution >= 4 is 0 Å². The molecule has 0 spiro atoms. The van der Waals surface area contributed by atoms with Gasteiger partial charge in [0.1, 0.15) is 0 Å². The van der Waals surface area contributed by atoms with E-state index in [4.69, 9.17) is 0 Å². The number of hydrogen-bond acceptors (Lipinski definition) is 0. The van der Waals surface area contributed by atoms with Gasteiger partial charge < -0.3 is 0 Å². The third-order valence-electron chi connectivity index (χ3n) is 6.36. The summed E-state index contributed by atoms with van der Waals surface area (Å²) in [5.41, 5.74) is 1.81. The molecule has 90 valence electrons. The van der Waals surface area contributed by atoms with E-state index in [0.717, 1.165) is 5.92 Å². The van der Waals surface area contributed by atoms with Gasteiger partial charge in [-0.1, -0.05) is 68.7 Å². The van der Waals surface area contributed by atoms with Crippen LogP contribution < -0.4 is 0 Å². The topological polar surface area (TPSA) is 0 Å². The molecule has 0 bridgehead atoms. The molecule has 0 aromatic carbocycles. The molecule has 0 radical (unpaired) electrons. The maximum atomic E-state index is 2.46. The molecule has 0 aliphatic heterocycles. The van der Waals surface area contributed by atoms with Crippen LogP contribution in [0.1, 0.15) is 68.7 Å². The third kappa shape index (κ3) is 1.33. The second kappa shape index (κ2) is 3.02. The van der Waals surface area contributed by atoms with Crippen molar-refractivity contribution in [2.24, 2.45) is 27.6 Å². The van der Waals surface area contributed by atoms with Crippen LogP contribution in [0.4, 0.5) is 0 Å². The Morgan fingerprint density at radius 2 is 1.20 bits per heavy atom. The van der Waals surface area contributed by atoms with E-state index in [1.54, 1.807) is 0 Å². The van der Waals surface area contributed by atoms with Crippen LogP contribution in [0.2, 0.25) is 0 Å². The fourth-order valence-electron chi connectivity index (χ4n) is 4.53. The van der Waals surface area contributed by atoms with Crippen LogP contribution in [0, 0.1) is 27.6 Å². The van der Waals surface area contributed by atoms with E-state index in [1.807, 2.05) is 0 Å². The lowest BCUT2D eigenvalue weighted by atomic mass is 9.30. The van der Waals surface area contributed by atoms with E-state index in [1.165, 1.54) is 6.42 Å². The molecule has 1 rings (SSSR count). The maximum Gasteiger partial charge on any atom is -0.0246 e. The lowest BCUT2D eigenvalue weighted by Crippen LogP contribution is -2.69. The van der Waals surface area contributed by atoms with Crippen molar-refractivity contribution in [1.82, 2.24) is 0 Å². The molecule has 0 atom stereocenters. The van der Waals surface area contributed by atoms with Gasteiger partial charge in [0.05, 0.1) is 0 Å². The predicted octanol–water partition coefficient (Wildman–Crippen LogP) is 5.13. The highest BCUT2D eigenvalue weighted by Crippen LogP contribution is 2.75. The Morgan fingerprint density at radius 1 is 0.867 bits per heavy atom. The first-order valence-corrected chi connectivity index (χ1v) is 6.43. The second-order valence-electron chi connectivity index (χ2n) is 7.84. The summed E-state index contributed by atoms with van der Waals surface area (Å²) in [6.07, 6.45) is 1.28. The Hall–Kier alpha value is 0. The summed E-state index contributed by atoms with van der Waals surface area (Å²) in [5, 5.41) is 0. The average molecular weight is 210 g/mol. The monoisotopic (exact) mass is 210 g/mol. The Labute approximate surface area is 96.8 Å². The first kappa shape index (κ1) is 13.1. The van der Waals surface area contributed by atoms with Gasteiger partial charge in [0, 0.05) is 0 Å². The van der Waals surface area contributed by atoms with Gasteiger partial charge in [0.15, 0.2) is 0 Å². The van der Waals surface area contributed by atoms with Gasteiger partial charge in [-0.15, -0.1) is 0 Å². The van der Waals surface area contributed by atoms with E-state index in [9.17, 15) is 0 Å². The molecule has 15 heavy (non-hydrogen) atoms. The zero-order valence-electron chi connectivity index (χ0n) is 12.3. The molecule has 1 saturated carbocycles. The quantitative estimate of drug-likeness (QED) is 0.592. The Morgan fingerprint density at radius 3 is 1.47 bits per heavy atom. The first-order valence-electron chi connectivity index (χ1n) is 6.43. The van der Waals surface area contributed by atoms with Crippen LogP contribution in [-0.4, -0.2) is 0 Å². The van der Waals surface area contributed by atoms with Crippen LogP contribution in [0.5, 0.6) is 0 Å². The normalized spacial score (nSPS) is 28.6. The summed E-state index contributed by atoms with van der Waals surface area (Å²) in [6.45, 7) is 21.9. The molecular weight excluding hydrogens is 180 g/mol. The van der Waals surface area contributed by atoms with E-state index in [-0.39, 0.29) is 0 Å². The molecule has 1 aliphatic carbocycles. The van der Waals surface area contributed by atoms with Crippen LogP contribution in [0.15, 0.2) is 0 Å². The SMILES string of the molecule is CCC(C)(C)C1C(C)(C)C(C)(C)C1(C)C. The Kier molecular flexibility index (Phi) is 2.63. The highest BCUT2D eigenvalue weighted by Gasteiger charge is 2.69. The highest BCUT2D eigenvalue weighted by molar-refractivity contribution is 5.17. The van der Waals surface area contributed by atoms with E-state index in [2.05, 4.69) is 62.3 Å². The van der Waals surface area contributed by atoms with Gasteiger partial charge in [-0.25, -0.2) is 0 Å². The van der Waals surface area contributed by atoms with Crippen LogP contribution in [0.25, 0.3) is 0 Å². The van der Waals surface area contributed by atoms with Crippen molar-refractivity contribution in [2.75, 3.05) is 0 Å². The van der Waals surface area contributed by atoms with E-state index >= 15 is 0 Å². The standard InChI is InChI=1S/C15H30/c1-10-12(2,3)11-13(4,5)15(8,9)14(11,6)7/h11H,10H2,1-9H3. The lowest BCUT2D eigenvalue weighted by Gasteiger charge is -2.74. The molecule has 0 unspecified atom stereocenters. The highest BCUT2D eigenvalue weighted by atomic mass is 14.7. The molecule has 0 saturated heterocycles. The molecule has 1 fully saturated rings. The zero-order chi connectivity index (χ0) is 12.3. The average Bonchev–Trinajstić information content (AvgIpc) is 2.01. The summed E-state index contributed by atoms with van der Waals surface area (Å²) in [7, 11) is 0. The van der Waals surface area contributed by atoms with Crippen molar-refractivity contribution in [3.8, 4) is 0 Å². The fraction of sp³-hybridized carbons (Fsp3) is 1.00. The van der Waals surface area contributed by atoms with Crippen LogP contribution in [0.3, 0.4) is 0 Å². The summed E-state index contributed by atoms with van der Waals surface area (Å²) < 4.78 is 0. The van der Waals surface area contributed by atoms with Gasteiger partial charge in [0.2, 0.25) is 0 Å². The predicted molar refractivity (Wildman–Crippen MR) is 68.9 cm³/mol. The van der Waals surface area contributed by atoms with Crippen molar-refractivity contribution in [1.29, 1.82) is 0 Å². The Bertz CT molecular complexity index is 235. The third-order valence-corrected chi connectivity index (χ3v) is 6.36. The molecule has 1 aliphatic rings. The molecule has 0 nitrogen and oxygen atoms in total. The molecule has 0 heterocycles. The molecule has 0 N–H and O–H groups in total. The van der Waals surface area contributed by atoms with Gasteiger partial charge in [-0.05, 0) is 27.6 Å². The van der Waals surface area contributed by atoms with Gasteiger partial charge in [0.25, 0.3) is 0 Å². The second-order valence-corrected chi connectivity index (χ2v) is 7.84. The van der Waals surface area contributed by atoms with Crippen LogP contribution in [-0.2, 0) is 0 Å². The molecular formula is C15H30. The summed E-state index contributed by atoms with van der Waals surface area (Å²) in [4.78, 5) is 0. The van der Waals surface area contributed by atoms with Crippen molar-refractivity contribution < 1.29 is 0 Å². The minimum absolute atomic E-state index is 0.442. The van der Waals surface area contributed by atoms with E-state index in [0.29, 0.717) is 21.7 Å². The molecule has 0 amide bonds. The maximum absolute atomic E-state index is 2.46. The van der Waals surface area contributed by atoms with Gasteiger partial charge in [-0.3, -0.25) is 0 Å². The van der Waals surface area contributed by atoms with Crippen LogP contribution >= 0.6 is 0 Å². The smallest absolute Gasteiger partial charge is 0.0246 e. The van der Waals surface area contributed by atoms with E-state index < -0.39 is 0 Å². The van der Waals surface area contributed by atoms with Gasteiger partial charge in [-0.2, -0.15) is 0 Å².